The summed E-state index contributed by atoms with van der Waals surface area (Å²) in [5, 5.41) is 0. The van der Waals surface area contributed by atoms with Crippen LogP contribution in [0.3, 0.4) is 0 Å². The van der Waals surface area contributed by atoms with Gasteiger partial charge in [0.05, 0.1) is 0 Å². The topological polar surface area (TPSA) is 44.9 Å². The largest absolute Gasteiger partial charge is 0.370 e. The van der Waals surface area contributed by atoms with Crippen LogP contribution < -0.4 is 5.73 Å². The van der Waals surface area contributed by atoms with E-state index in [4.69, 9.17) is 5.73 Å². The minimum absolute atomic E-state index is 0.757. The number of thioether (sulfide) groups is 1. The molecule has 0 unspecified atom stereocenters. The van der Waals surface area contributed by atoms with Crippen molar-refractivity contribution in [2.24, 2.45) is 16.6 Å². The lowest BCUT2D eigenvalue weighted by Gasteiger charge is -2.32. The van der Waals surface area contributed by atoms with E-state index in [1.807, 2.05) is 11.8 Å². The minimum Gasteiger partial charge on any atom is -0.370 e. The SMILES string of the molecule is NC(=NCC1CCN(C2CC2)CC1)N1CCSCC1. The van der Waals surface area contributed by atoms with Gasteiger partial charge < -0.3 is 15.5 Å². The van der Waals surface area contributed by atoms with Crippen LogP contribution in [0.5, 0.6) is 0 Å². The monoisotopic (exact) mass is 282 g/mol. The van der Waals surface area contributed by atoms with Crippen molar-refractivity contribution in [3.8, 4) is 0 Å². The number of guanidine groups is 1. The average molecular weight is 282 g/mol. The van der Waals surface area contributed by atoms with Crippen molar-refractivity contribution in [2.75, 3.05) is 44.2 Å². The van der Waals surface area contributed by atoms with Crippen LogP contribution in [0.4, 0.5) is 0 Å². The van der Waals surface area contributed by atoms with Crippen LogP contribution in [0.25, 0.3) is 0 Å². The Morgan fingerprint density at radius 1 is 1.05 bits per heavy atom. The third-order valence-electron chi connectivity index (χ3n) is 4.56. The maximum Gasteiger partial charge on any atom is 0.191 e. The fourth-order valence-electron chi connectivity index (χ4n) is 3.06. The Balaban J connectivity index is 1.41. The summed E-state index contributed by atoms with van der Waals surface area (Å²) in [6.07, 6.45) is 5.48. The molecule has 0 radical (unpaired) electrons. The van der Waals surface area contributed by atoms with Crippen molar-refractivity contribution in [3.63, 3.8) is 0 Å². The smallest absolute Gasteiger partial charge is 0.191 e. The summed E-state index contributed by atoms with van der Waals surface area (Å²) in [6.45, 7) is 5.64. The highest BCUT2D eigenvalue weighted by molar-refractivity contribution is 7.99. The highest BCUT2D eigenvalue weighted by Crippen LogP contribution is 2.30. The predicted octanol–water partition coefficient (Wildman–Crippen LogP) is 1.22. The molecule has 1 aliphatic carbocycles. The van der Waals surface area contributed by atoms with Crippen LogP contribution >= 0.6 is 11.8 Å². The molecule has 0 atom stereocenters. The van der Waals surface area contributed by atoms with Gasteiger partial charge in [0.2, 0.25) is 0 Å². The fraction of sp³-hybridized carbons (Fsp3) is 0.929. The van der Waals surface area contributed by atoms with Gasteiger partial charge in [0.25, 0.3) is 0 Å². The second-order valence-corrected chi connectivity index (χ2v) is 7.23. The van der Waals surface area contributed by atoms with Gasteiger partial charge in [-0.15, -0.1) is 0 Å². The first-order valence-corrected chi connectivity index (χ1v) is 8.85. The number of nitrogens with zero attached hydrogens (tertiary/aromatic N) is 3. The standard InChI is InChI=1S/C14H26N4S/c15-14(18-7-9-19-10-8-18)16-11-12-3-5-17(6-4-12)13-1-2-13/h12-13H,1-11H2,(H2,15,16). The van der Waals surface area contributed by atoms with Gasteiger partial charge in [0.15, 0.2) is 5.96 Å². The van der Waals surface area contributed by atoms with Crippen LogP contribution in [-0.4, -0.2) is 66.0 Å². The molecule has 2 heterocycles. The minimum atomic E-state index is 0.757. The normalized spacial score (nSPS) is 27.8. The van der Waals surface area contributed by atoms with Crippen LogP contribution in [0.15, 0.2) is 4.99 Å². The van der Waals surface area contributed by atoms with E-state index < -0.39 is 0 Å². The third-order valence-corrected chi connectivity index (χ3v) is 5.50. The number of rotatable bonds is 3. The molecule has 0 amide bonds. The first-order chi connectivity index (χ1) is 9.33. The third kappa shape index (κ3) is 3.78. The van der Waals surface area contributed by atoms with Crippen molar-refractivity contribution >= 4 is 17.7 Å². The number of hydrogen-bond donors (Lipinski definition) is 1. The van der Waals surface area contributed by atoms with Gasteiger partial charge in [0.1, 0.15) is 0 Å². The molecule has 0 aromatic rings. The molecule has 0 aromatic heterocycles. The predicted molar refractivity (Wildman–Crippen MR) is 82.7 cm³/mol. The molecule has 2 aliphatic heterocycles. The zero-order valence-corrected chi connectivity index (χ0v) is 12.6. The van der Waals surface area contributed by atoms with Gasteiger partial charge in [0, 0.05) is 37.2 Å². The number of piperidine rings is 1. The molecule has 0 bridgehead atoms. The lowest BCUT2D eigenvalue weighted by molar-refractivity contribution is 0.179. The lowest BCUT2D eigenvalue weighted by atomic mass is 9.97. The van der Waals surface area contributed by atoms with E-state index in [-0.39, 0.29) is 0 Å². The Kier molecular flexibility index (Phi) is 4.53. The van der Waals surface area contributed by atoms with Crippen molar-refractivity contribution in [1.82, 2.24) is 9.80 Å². The van der Waals surface area contributed by atoms with Gasteiger partial charge in [-0.05, 0) is 44.7 Å². The Morgan fingerprint density at radius 3 is 2.37 bits per heavy atom. The Hall–Kier alpha value is -0.420. The average Bonchev–Trinajstić information content (AvgIpc) is 3.31. The number of nitrogens with two attached hydrogens (primary N) is 1. The van der Waals surface area contributed by atoms with Gasteiger partial charge in [-0.3, -0.25) is 4.99 Å². The molecule has 1 saturated carbocycles. The van der Waals surface area contributed by atoms with Crippen LogP contribution in [0.2, 0.25) is 0 Å². The van der Waals surface area contributed by atoms with Gasteiger partial charge in [-0.1, -0.05) is 0 Å². The second-order valence-electron chi connectivity index (χ2n) is 6.01. The molecule has 3 fully saturated rings. The van der Waals surface area contributed by atoms with Gasteiger partial charge in [-0.2, -0.15) is 11.8 Å². The molecule has 0 aromatic carbocycles. The fourth-order valence-corrected chi connectivity index (χ4v) is 3.96. The van der Waals surface area contributed by atoms with E-state index in [1.54, 1.807) is 0 Å². The molecule has 19 heavy (non-hydrogen) atoms. The molecule has 0 spiro atoms. The van der Waals surface area contributed by atoms with E-state index in [1.165, 1.54) is 50.3 Å². The van der Waals surface area contributed by atoms with E-state index >= 15 is 0 Å². The van der Waals surface area contributed by atoms with Crippen molar-refractivity contribution in [1.29, 1.82) is 0 Å². The summed E-state index contributed by atoms with van der Waals surface area (Å²) in [4.78, 5) is 9.57. The van der Waals surface area contributed by atoms with E-state index in [0.29, 0.717) is 0 Å². The first kappa shape index (κ1) is 13.6. The van der Waals surface area contributed by atoms with Gasteiger partial charge >= 0.3 is 0 Å². The zero-order chi connectivity index (χ0) is 13.1. The van der Waals surface area contributed by atoms with Crippen molar-refractivity contribution in [3.05, 3.63) is 0 Å². The quantitative estimate of drug-likeness (QED) is 0.624. The summed E-state index contributed by atoms with van der Waals surface area (Å²) in [5.74, 6) is 3.92. The van der Waals surface area contributed by atoms with Crippen LogP contribution in [0, 0.1) is 5.92 Å². The Morgan fingerprint density at radius 2 is 1.74 bits per heavy atom. The summed E-state index contributed by atoms with van der Waals surface area (Å²) < 4.78 is 0. The molecular weight excluding hydrogens is 256 g/mol. The molecular formula is C14H26N4S. The number of aliphatic imine (C=N–C) groups is 1. The molecule has 4 nitrogen and oxygen atoms in total. The maximum atomic E-state index is 6.11. The molecule has 108 valence electrons. The van der Waals surface area contributed by atoms with Crippen molar-refractivity contribution in [2.45, 2.75) is 31.7 Å². The van der Waals surface area contributed by atoms with Crippen LogP contribution in [-0.2, 0) is 0 Å². The first-order valence-electron chi connectivity index (χ1n) is 7.69. The molecule has 3 rings (SSSR count). The second kappa shape index (κ2) is 6.35. The molecule has 5 heteroatoms. The highest BCUT2D eigenvalue weighted by atomic mass is 32.2. The van der Waals surface area contributed by atoms with E-state index in [9.17, 15) is 0 Å². The van der Waals surface area contributed by atoms with Crippen LogP contribution in [0.1, 0.15) is 25.7 Å². The zero-order valence-electron chi connectivity index (χ0n) is 11.8. The summed E-state index contributed by atoms with van der Waals surface area (Å²) in [6, 6.07) is 0.931. The maximum absolute atomic E-state index is 6.11. The molecule has 2 saturated heterocycles. The van der Waals surface area contributed by atoms with Crippen molar-refractivity contribution < 1.29 is 0 Å². The highest BCUT2D eigenvalue weighted by Gasteiger charge is 2.31. The molecule has 3 aliphatic rings. The Labute approximate surface area is 120 Å². The summed E-state index contributed by atoms with van der Waals surface area (Å²) >= 11 is 2.01. The van der Waals surface area contributed by atoms with E-state index in [2.05, 4.69) is 14.8 Å². The number of likely N-dealkylation sites (tertiary alicyclic amines) is 1. The molecule has 2 N–H and O–H groups in total. The van der Waals surface area contributed by atoms with Gasteiger partial charge in [-0.25, -0.2) is 0 Å². The Bertz CT molecular complexity index is 315. The summed E-state index contributed by atoms with van der Waals surface area (Å²) in [5.41, 5.74) is 6.11. The number of hydrogen-bond acceptors (Lipinski definition) is 3. The summed E-state index contributed by atoms with van der Waals surface area (Å²) in [7, 11) is 0. The lowest BCUT2D eigenvalue weighted by Crippen LogP contribution is -2.43. The van der Waals surface area contributed by atoms with E-state index in [0.717, 1.165) is 37.6 Å².